The quantitative estimate of drug-likeness (QED) is 0.180. The number of fused-ring (bicyclic) bond motifs is 7. The van der Waals surface area contributed by atoms with Crippen LogP contribution in [0, 0.1) is 0 Å². The van der Waals surface area contributed by atoms with Crippen LogP contribution < -0.4 is 0 Å². The van der Waals surface area contributed by atoms with Crippen LogP contribution in [-0.2, 0) is 0 Å². The zero-order valence-electron chi connectivity index (χ0n) is 26.3. The number of hydrogen-bond donors (Lipinski definition) is 0. The van der Waals surface area contributed by atoms with Crippen molar-refractivity contribution in [2.75, 3.05) is 0 Å². The van der Waals surface area contributed by atoms with Crippen LogP contribution in [0.15, 0.2) is 164 Å². The summed E-state index contributed by atoms with van der Waals surface area (Å²) in [5.41, 5.74) is 5.33. The second kappa shape index (κ2) is 11.2. The maximum Gasteiger partial charge on any atom is 0.164 e. The van der Waals surface area contributed by atoms with Gasteiger partial charge in [-0.2, -0.15) is 0 Å². The van der Waals surface area contributed by atoms with Crippen molar-refractivity contribution >= 4 is 63.8 Å². The van der Waals surface area contributed by atoms with E-state index in [0.717, 1.165) is 38.2 Å². The summed E-state index contributed by atoms with van der Waals surface area (Å²) in [6, 6.07) is 58.0. The molecule has 0 unspecified atom stereocenters. The summed E-state index contributed by atoms with van der Waals surface area (Å²) >= 11 is 1.84. The molecule has 0 atom stereocenters. The highest BCUT2D eigenvalue weighted by molar-refractivity contribution is 7.25. The van der Waals surface area contributed by atoms with Crippen molar-refractivity contribution in [3.8, 4) is 45.3 Å². The lowest BCUT2D eigenvalue weighted by atomic mass is 9.96. The fraction of sp³-hybridized carbons (Fsp3) is 0. The molecule has 0 aliphatic heterocycles. The van der Waals surface area contributed by atoms with Crippen LogP contribution in [0.3, 0.4) is 0 Å². The largest absolute Gasteiger partial charge is 0.208 e. The molecule has 3 nitrogen and oxygen atoms in total. The summed E-state index contributed by atoms with van der Waals surface area (Å²) in [6.45, 7) is 0. The third kappa shape index (κ3) is 4.61. The van der Waals surface area contributed by atoms with Crippen LogP contribution in [-0.4, -0.2) is 15.0 Å². The van der Waals surface area contributed by atoms with Crippen molar-refractivity contribution in [3.63, 3.8) is 0 Å². The van der Waals surface area contributed by atoms with Crippen molar-refractivity contribution in [2.45, 2.75) is 0 Å². The lowest BCUT2D eigenvalue weighted by Gasteiger charge is -2.13. The minimum absolute atomic E-state index is 0.649. The van der Waals surface area contributed by atoms with Gasteiger partial charge in [0.1, 0.15) is 0 Å². The van der Waals surface area contributed by atoms with Crippen LogP contribution in [0.4, 0.5) is 0 Å². The Balaban J connectivity index is 1.18. The Morgan fingerprint density at radius 1 is 0.327 bits per heavy atom. The summed E-state index contributed by atoms with van der Waals surface area (Å²) in [4.78, 5) is 15.6. The Morgan fingerprint density at radius 3 is 1.71 bits per heavy atom. The molecule has 8 aromatic carbocycles. The first kappa shape index (κ1) is 27.8. The molecule has 228 valence electrons. The van der Waals surface area contributed by atoms with Gasteiger partial charge in [-0.25, -0.2) is 15.0 Å². The Bertz CT molecular complexity index is 2880. The highest BCUT2D eigenvalue weighted by Crippen LogP contribution is 2.41. The minimum Gasteiger partial charge on any atom is -0.208 e. The molecule has 2 aromatic heterocycles. The Labute approximate surface area is 286 Å². The van der Waals surface area contributed by atoms with Crippen molar-refractivity contribution in [1.82, 2.24) is 15.0 Å². The molecular weight excluding hydrogens is 615 g/mol. The molecule has 0 aliphatic rings. The van der Waals surface area contributed by atoms with Crippen LogP contribution >= 0.6 is 11.3 Å². The van der Waals surface area contributed by atoms with Gasteiger partial charge < -0.3 is 0 Å². The minimum atomic E-state index is 0.649. The first-order chi connectivity index (χ1) is 24.3. The summed E-state index contributed by atoms with van der Waals surface area (Å²) in [5, 5.41) is 9.55. The van der Waals surface area contributed by atoms with Gasteiger partial charge in [-0.15, -0.1) is 11.3 Å². The van der Waals surface area contributed by atoms with E-state index in [0.29, 0.717) is 17.5 Å². The molecule has 2 heterocycles. The van der Waals surface area contributed by atoms with Gasteiger partial charge in [-0.1, -0.05) is 146 Å². The van der Waals surface area contributed by atoms with E-state index >= 15 is 0 Å². The molecule has 0 N–H and O–H groups in total. The molecule has 4 heteroatoms. The fourth-order valence-corrected chi connectivity index (χ4v) is 8.35. The number of aromatic nitrogens is 3. The maximum atomic E-state index is 5.21. The molecule has 0 saturated heterocycles. The van der Waals surface area contributed by atoms with E-state index in [1.54, 1.807) is 0 Å². The van der Waals surface area contributed by atoms with E-state index in [2.05, 4.69) is 164 Å². The van der Waals surface area contributed by atoms with Crippen LogP contribution in [0.1, 0.15) is 0 Å². The van der Waals surface area contributed by atoms with E-state index in [4.69, 9.17) is 15.0 Å². The molecule has 0 bridgehead atoms. The summed E-state index contributed by atoms with van der Waals surface area (Å²) in [7, 11) is 0. The first-order valence-electron chi connectivity index (χ1n) is 16.4. The van der Waals surface area contributed by atoms with Gasteiger partial charge >= 0.3 is 0 Å². The van der Waals surface area contributed by atoms with Crippen molar-refractivity contribution in [2.24, 2.45) is 0 Å². The standard InChI is InChI=1S/C45H27N3S/c1-3-14-32-28(11-1)13-9-20-37(32)44-46-43(47-45(48-44)39-27-31-12-2-4-15-33(31)35-16-5-6-17-36(35)39)30-25-23-29(24-26-30)34-19-10-22-41-42(34)38-18-7-8-21-40(38)49-41/h1-27H. The number of nitrogens with zero attached hydrogens (tertiary/aromatic N) is 3. The van der Waals surface area contributed by atoms with Gasteiger partial charge in [0.05, 0.1) is 0 Å². The zero-order valence-corrected chi connectivity index (χ0v) is 27.2. The van der Waals surface area contributed by atoms with Gasteiger partial charge in [0, 0.05) is 36.9 Å². The van der Waals surface area contributed by atoms with Crippen LogP contribution in [0.2, 0.25) is 0 Å². The molecule has 0 saturated carbocycles. The molecule has 0 spiro atoms. The average Bonchev–Trinajstić information content (AvgIpc) is 3.56. The molecule has 10 rings (SSSR count). The highest BCUT2D eigenvalue weighted by Gasteiger charge is 2.18. The Morgan fingerprint density at radius 2 is 0.878 bits per heavy atom. The summed E-state index contributed by atoms with van der Waals surface area (Å²) < 4.78 is 2.61. The van der Waals surface area contributed by atoms with Gasteiger partial charge in [-0.05, 0) is 61.6 Å². The van der Waals surface area contributed by atoms with Gasteiger partial charge in [-0.3, -0.25) is 0 Å². The zero-order chi connectivity index (χ0) is 32.3. The Hall–Kier alpha value is -6.23. The third-order valence-electron chi connectivity index (χ3n) is 9.53. The predicted molar refractivity (Wildman–Crippen MR) is 207 cm³/mol. The number of rotatable bonds is 4. The monoisotopic (exact) mass is 641 g/mol. The highest BCUT2D eigenvalue weighted by atomic mass is 32.1. The SMILES string of the molecule is c1ccc2c(-c3nc(-c4ccc(-c5cccc6sc7ccccc7c56)cc4)nc(-c4cc5ccccc5c5ccccc45)n3)cccc2c1. The van der Waals surface area contributed by atoms with E-state index in [-0.39, 0.29) is 0 Å². The first-order valence-corrected chi connectivity index (χ1v) is 17.3. The van der Waals surface area contributed by atoms with Crippen LogP contribution in [0.25, 0.3) is 97.8 Å². The van der Waals surface area contributed by atoms with E-state index in [1.165, 1.54) is 42.1 Å². The lowest BCUT2D eigenvalue weighted by molar-refractivity contribution is 1.08. The van der Waals surface area contributed by atoms with E-state index < -0.39 is 0 Å². The number of thiophene rings is 1. The van der Waals surface area contributed by atoms with Gasteiger partial charge in [0.2, 0.25) is 0 Å². The lowest BCUT2D eigenvalue weighted by Crippen LogP contribution is -2.01. The number of benzene rings is 8. The van der Waals surface area contributed by atoms with Crippen LogP contribution in [0.5, 0.6) is 0 Å². The van der Waals surface area contributed by atoms with Gasteiger partial charge in [0.25, 0.3) is 0 Å². The second-order valence-corrected chi connectivity index (χ2v) is 13.5. The summed E-state index contributed by atoms with van der Waals surface area (Å²) in [5.74, 6) is 1.97. The predicted octanol–water partition coefficient (Wildman–Crippen LogP) is 12.4. The number of hydrogen-bond acceptors (Lipinski definition) is 4. The van der Waals surface area contributed by atoms with E-state index in [1.807, 2.05) is 11.3 Å². The average molecular weight is 642 g/mol. The normalized spacial score (nSPS) is 11.7. The van der Waals surface area contributed by atoms with Crippen molar-refractivity contribution in [3.05, 3.63) is 164 Å². The van der Waals surface area contributed by atoms with Crippen molar-refractivity contribution < 1.29 is 0 Å². The molecule has 0 aliphatic carbocycles. The van der Waals surface area contributed by atoms with Gasteiger partial charge in [0.15, 0.2) is 17.5 Å². The fourth-order valence-electron chi connectivity index (χ4n) is 7.22. The second-order valence-electron chi connectivity index (χ2n) is 12.4. The van der Waals surface area contributed by atoms with Crippen molar-refractivity contribution in [1.29, 1.82) is 0 Å². The molecule has 0 amide bonds. The molecule has 49 heavy (non-hydrogen) atoms. The topological polar surface area (TPSA) is 38.7 Å². The third-order valence-corrected chi connectivity index (χ3v) is 10.7. The molecule has 10 aromatic rings. The maximum absolute atomic E-state index is 5.21. The Kier molecular flexibility index (Phi) is 6.36. The summed E-state index contributed by atoms with van der Waals surface area (Å²) in [6.07, 6.45) is 0. The molecule has 0 fully saturated rings. The van der Waals surface area contributed by atoms with E-state index in [9.17, 15) is 0 Å². The molecule has 0 radical (unpaired) electrons. The molecular formula is C45H27N3S. The smallest absolute Gasteiger partial charge is 0.164 e.